The average molecular weight is 243 g/mol. The van der Waals surface area contributed by atoms with E-state index in [0.717, 1.165) is 12.1 Å². The predicted octanol–water partition coefficient (Wildman–Crippen LogP) is 2.93. The Morgan fingerprint density at radius 2 is 2.00 bits per heavy atom. The maximum atomic E-state index is 4.53. The molecule has 1 aromatic heterocycles. The number of nitrogens with one attached hydrogen (secondary N) is 1. The van der Waals surface area contributed by atoms with Crippen LogP contribution in [0.5, 0.6) is 0 Å². The van der Waals surface area contributed by atoms with Gasteiger partial charge in [0.05, 0.1) is 5.69 Å². The standard InChI is InChI=1S/C15H21N3/c1-5-15-14(10-18(4)17-15)13-9-7-6-8-12(13)11(2)16-3/h6-11,16H,5H2,1-4H3. The van der Waals surface area contributed by atoms with Gasteiger partial charge in [0.2, 0.25) is 0 Å². The van der Waals surface area contributed by atoms with Gasteiger partial charge in [-0.15, -0.1) is 0 Å². The van der Waals surface area contributed by atoms with E-state index in [4.69, 9.17) is 0 Å². The molecular formula is C15H21N3. The Hall–Kier alpha value is -1.61. The van der Waals surface area contributed by atoms with Crippen LogP contribution in [-0.2, 0) is 13.5 Å². The number of benzene rings is 1. The number of hydrogen-bond donors (Lipinski definition) is 1. The maximum absolute atomic E-state index is 4.53. The van der Waals surface area contributed by atoms with Crippen molar-refractivity contribution in [3.8, 4) is 11.1 Å². The van der Waals surface area contributed by atoms with Gasteiger partial charge in [-0.1, -0.05) is 31.2 Å². The van der Waals surface area contributed by atoms with Crippen LogP contribution >= 0.6 is 0 Å². The summed E-state index contributed by atoms with van der Waals surface area (Å²) < 4.78 is 1.90. The fourth-order valence-corrected chi connectivity index (χ4v) is 2.30. The minimum Gasteiger partial charge on any atom is -0.313 e. The summed E-state index contributed by atoms with van der Waals surface area (Å²) in [6.07, 6.45) is 3.07. The van der Waals surface area contributed by atoms with Crippen molar-refractivity contribution in [3.05, 3.63) is 41.7 Å². The third-order valence-corrected chi connectivity index (χ3v) is 3.39. The summed E-state index contributed by atoms with van der Waals surface area (Å²) in [6, 6.07) is 8.89. The maximum Gasteiger partial charge on any atom is 0.0700 e. The van der Waals surface area contributed by atoms with Crippen LogP contribution in [0, 0.1) is 0 Å². The first-order valence-corrected chi connectivity index (χ1v) is 6.46. The van der Waals surface area contributed by atoms with E-state index in [2.05, 4.69) is 54.7 Å². The number of nitrogens with zero attached hydrogens (tertiary/aromatic N) is 2. The van der Waals surface area contributed by atoms with E-state index in [1.807, 2.05) is 18.8 Å². The first-order valence-electron chi connectivity index (χ1n) is 6.46. The van der Waals surface area contributed by atoms with Gasteiger partial charge in [0.1, 0.15) is 0 Å². The Kier molecular flexibility index (Phi) is 3.82. The average Bonchev–Trinajstić information content (AvgIpc) is 2.79. The van der Waals surface area contributed by atoms with Gasteiger partial charge in [-0.05, 0) is 31.5 Å². The lowest BCUT2D eigenvalue weighted by atomic mass is 9.95. The van der Waals surface area contributed by atoms with Gasteiger partial charge >= 0.3 is 0 Å². The molecule has 0 aliphatic rings. The van der Waals surface area contributed by atoms with Gasteiger partial charge in [-0.2, -0.15) is 5.10 Å². The molecule has 0 aliphatic carbocycles. The smallest absolute Gasteiger partial charge is 0.0700 e. The van der Waals surface area contributed by atoms with Crippen LogP contribution in [0.25, 0.3) is 11.1 Å². The second kappa shape index (κ2) is 5.36. The third kappa shape index (κ3) is 2.31. The Balaban J connectivity index is 2.56. The topological polar surface area (TPSA) is 29.9 Å². The largest absolute Gasteiger partial charge is 0.313 e. The first-order chi connectivity index (χ1) is 8.67. The molecule has 96 valence electrons. The molecule has 18 heavy (non-hydrogen) atoms. The van der Waals surface area contributed by atoms with Crippen molar-refractivity contribution in [2.75, 3.05) is 7.05 Å². The van der Waals surface area contributed by atoms with E-state index in [1.54, 1.807) is 0 Å². The summed E-state index contributed by atoms with van der Waals surface area (Å²) in [4.78, 5) is 0. The van der Waals surface area contributed by atoms with Crippen molar-refractivity contribution < 1.29 is 0 Å². The monoisotopic (exact) mass is 243 g/mol. The lowest BCUT2D eigenvalue weighted by molar-refractivity contribution is 0.654. The molecule has 1 heterocycles. The molecule has 0 amide bonds. The van der Waals surface area contributed by atoms with Crippen LogP contribution in [0.2, 0.25) is 0 Å². The summed E-state index contributed by atoms with van der Waals surface area (Å²) in [7, 11) is 3.97. The lowest BCUT2D eigenvalue weighted by Crippen LogP contribution is -2.13. The number of hydrogen-bond acceptors (Lipinski definition) is 2. The van der Waals surface area contributed by atoms with Crippen molar-refractivity contribution >= 4 is 0 Å². The third-order valence-electron chi connectivity index (χ3n) is 3.39. The highest BCUT2D eigenvalue weighted by atomic mass is 15.2. The highest BCUT2D eigenvalue weighted by Crippen LogP contribution is 2.30. The molecule has 0 spiro atoms. The molecule has 0 aliphatic heterocycles. The van der Waals surface area contributed by atoms with E-state index in [0.29, 0.717) is 6.04 Å². The summed E-state index contributed by atoms with van der Waals surface area (Å²) in [5.74, 6) is 0. The second-order valence-electron chi connectivity index (χ2n) is 4.61. The Labute approximate surface area is 109 Å². The van der Waals surface area contributed by atoms with Gasteiger partial charge in [-0.3, -0.25) is 4.68 Å². The van der Waals surface area contributed by atoms with E-state index < -0.39 is 0 Å². The Bertz CT molecular complexity index is 528. The molecule has 3 heteroatoms. The van der Waals surface area contributed by atoms with Crippen LogP contribution in [0.4, 0.5) is 0 Å². The minimum absolute atomic E-state index is 0.339. The summed E-state index contributed by atoms with van der Waals surface area (Å²) in [5, 5.41) is 7.84. The normalized spacial score (nSPS) is 12.7. The quantitative estimate of drug-likeness (QED) is 0.894. The van der Waals surface area contributed by atoms with Crippen LogP contribution < -0.4 is 5.32 Å². The number of rotatable bonds is 4. The lowest BCUT2D eigenvalue weighted by Gasteiger charge is -2.15. The molecular weight excluding hydrogens is 222 g/mol. The zero-order chi connectivity index (χ0) is 13.1. The summed E-state index contributed by atoms with van der Waals surface area (Å²) in [5.41, 5.74) is 5.01. The first kappa shape index (κ1) is 12.8. The second-order valence-corrected chi connectivity index (χ2v) is 4.61. The fraction of sp³-hybridized carbons (Fsp3) is 0.400. The molecule has 3 nitrogen and oxygen atoms in total. The van der Waals surface area contributed by atoms with Crippen LogP contribution in [0.3, 0.4) is 0 Å². The van der Waals surface area contributed by atoms with Crippen LogP contribution in [0.15, 0.2) is 30.5 Å². The SMILES string of the molecule is CCc1nn(C)cc1-c1ccccc1C(C)NC. The highest BCUT2D eigenvalue weighted by Gasteiger charge is 2.14. The molecule has 0 saturated heterocycles. The van der Waals surface area contributed by atoms with Gasteiger partial charge in [-0.25, -0.2) is 0 Å². The molecule has 1 N–H and O–H groups in total. The van der Waals surface area contributed by atoms with Gasteiger partial charge < -0.3 is 5.32 Å². The van der Waals surface area contributed by atoms with Crippen molar-refractivity contribution in [1.29, 1.82) is 0 Å². The minimum atomic E-state index is 0.339. The fourth-order valence-electron chi connectivity index (χ4n) is 2.30. The van der Waals surface area contributed by atoms with E-state index in [9.17, 15) is 0 Å². The zero-order valence-corrected chi connectivity index (χ0v) is 11.6. The van der Waals surface area contributed by atoms with Crippen LogP contribution in [0.1, 0.15) is 31.1 Å². The van der Waals surface area contributed by atoms with Gasteiger partial charge in [0.25, 0.3) is 0 Å². The number of aryl methyl sites for hydroxylation is 2. The molecule has 1 atom stereocenters. The molecule has 1 aromatic carbocycles. The van der Waals surface area contributed by atoms with Crippen LogP contribution in [-0.4, -0.2) is 16.8 Å². The molecule has 0 radical (unpaired) electrons. The van der Waals surface area contributed by atoms with Gasteiger partial charge in [0, 0.05) is 24.8 Å². The Morgan fingerprint density at radius 1 is 1.28 bits per heavy atom. The van der Waals surface area contributed by atoms with E-state index in [-0.39, 0.29) is 0 Å². The summed E-state index contributed by atoms with van der Waals surface area (Å²) >= 11 is 0. The molecule has 2 rings (SSSR count). The molecule has 0 saturated carbocycles. The van der Waals surface area contributed by atoms with E-state index in [1.165, 1.54) is 16.7 Å². The van der Waals surface area contributed by atoms with Crippen molar-refractivity contribution in [2.45, 2.75) is 26.3 Å². The zero-order valence-electron chi connectivity index (χ0n) is 11.6. The molecule has 0 bridgehead atoms. The molecule has 2 aromatic rings. The molecule has 1 unspecified atom stereocenters. The van der Waals surface area contributed by atoms with Crippen molar-refractivity contribution in [2.24, 2.45) is 7.05 Å². The van der Waals surface area contributed by atoms with Crippen molar-refractivity contribution in [1.82, 2.24) is 15.1 Å². The predicted molar refractivity (Wildman–Crippen MR) is 75.5 cm³/mol. The Morgan fingerprint density at radius 3 is 2.67 bits per heavy atom. The van der Waals surface area contributed by atoms with Crippen molar-refractivity contribution in [3.63, 3.8) is 0 Å². The summed E-state index contributed by atoms with van der Waals surface area (Å²) in [6.45, 7) is 4.33. The number of aromatic nitrogens is 2. The highest BCUT2D eigenvalue weighted by molar-refractivity contribution is 5.69. The van der Waals surface area contributed by atoms with Gasteiger partial charge in [0.15, 0.2) is 0 Å². The molecule has 0 fully saturated rings. The van der Waals surface area contributed by atoms with E-state index >= 15 is 0 Å².